The van der Waals surface area contributed by atoms with Gasteiger partial charge in [0.05, 0.1) is 0 Å². The number of carbonyl (C=O) groups is 1. The Morgan fingerprint density at radius 1 is 1.11 bits per heavy atom. The predicted molar refractivity (Wildman–Crippen MR) is 80.0 cm³/mol. The van der Waals surface area contributed by atoms with E-state index in [9.17, 15) is 4.79 Å². The van der Waals surface area contributed by atoms with Crippen LogP contribution in [-0.4, -0.2) is 19.0 Å². The number of rotatable bonds is 9. The molecule has 0 aliphatic rings. The van der Waals surface area contributed by atoms with Gasteiger partial charge in [-0.05, 0) is 38.3 Å². The highest BCUT2D eigenvalue weighted by atomic mass is 16.1. The first kappa shape index (κ1) is 15.7. The Kier molecular flexibility index (Phi) is 7.91. The molecule has 0 radical (unpaired) electrons. The van der Waals surface area contributed by atoms with Crippen LogP contribution in [0.3, 0.4) is 0 Å². The Morgan fingerprint density at radius 3 is 2.47 bits per heavy atom. The van der Waals surface area contributed by atoms with Crippen molar-refractivity contribution >= 4 is 5.91 Å². The molecule has 1 amide bonds. The van der Waals surface area contributed by atoms with E-state index < -0.39 is 0 Å². The Balaban J connectivity index is 2.05. The smallest absolute Gasteiger partial charge is 0.220 e. The predicted octanol–water partition coefficient (Wildman–Crippen LogP) is 2.56. The molecule has 0 aromatic heterocycles. The molecule has 106 valence electrons. The van der Waals surface area contributed by atoms with Crippen molar-refractivity contribution in [3.05, 3.63) is 35.4 Å². The van der Waals surface area contributed by atoms with Crippen LogP contribution < -0.4 is 11.1 Å². The third-order valence-electron chi connectivity index (χ3n) is 3.21. The van der Waals surface area contributed by atoms with E-state index >= 15 is 0 Å². The van der Waals surface area contributed by atoms with Crippen LogP contribution in [0.2, 0.25) is 0 Å². The van der Waals surface area contributed by atoms with Gasteiger partial charge in [0.25, 0.3) is 0 Å². The molecule has 0 bridgehead atoms. The van der Waals surface area contributed by atoms with Gasteiger partial charge in [-0.2, -0.15) is 0 Å². The maximum Gasteiger partial charge on any atom is 0.220 e. The fourth-order valence-corrected chi connectivity index (χ4v) is 1.97. The van der Waals surface area contributed by atoms with Crippen molar-refractivity contribution in [1.82, 2.24) is 5.32 Å². The maximum absolute atomic E-state index is 11.6. The van der Waals surface area contributed by atoms with Crippen LogP contribution in [0.1, 0.15) is 43.2 Å². The summed E-state index contributed by atoms with van der Waals surface area (Å²) in [6.07, 6.45) is 5.80. The van der Waals surface area contributed by atoms with E-state index in [1.54, 1.807) is 0 Å². The number of hydrogen-bond donors (Lipinski definition) is 2. The van der Waals surface area contributed by atoms with Crippen molar-refractivity contribution in [1.29, 1.82) is 0 Å². The molecule has 1 aromatic rings. The molecule has 1 rings (SSSR count). The standard InChI is InChI=1S/C16H26N2O/c1-14-7-9-15(10-8-14)11-13-18-16(19)6-4-2-3-5-12-17/h7-10H,2-6,11-13,17H2,1H3,(H,18,19). The Bertz CT molecular complexity index is 360. The number of nitrogens with one attached hydrogen (secondary N) is 1. The molecule has 0 saturated carbocycles. The number of carbonyl (C=O) groups excluding carboxylic acids is 1. The highest BCUT2D eigenvalue weighted by Gasteiger charge is 2.00. The van der Waals surface area contributed by atoms with Crippen LogP contribution in [0.5, 0.6) is 0 Å². The van der Waals surface area contributed by atoms with Crippen molar-refractivity contribution in [2.75, 3.05) is 13.1 Å². The van der Waals surface area contributed by atoms with E-state index in [2.05, 4.69) is 36.5 Å². The quantitative estimate of drug-likeness (QED) is 0.672. The molecule has 0 aliphatic heterocycles. The normalized spacial score (nSPS) is 10.4. The second-order valence-corrected chi connectivity index (χ2v) is 5.04. The third kappa shape index (κ3) is 7.62. The number of benzene rings is 1. The van der Waals surface area contributed by atoms with Gasteiger partial charge in [0.2, 0.25) is 5.91 Å². The summed E-state index contributed by atoms with van der Waals surface area (Å²) in [5, 5.41) is 2.97. The van der Waals surface area contributed by atoms with Crippen LogP contribution in [0.4, 0.5) is 0 Å². The van der Waals surface area contributed by atoms with Gasteiger partial charge in [-0.3, -0.25) is 4.79 Å². The van der Waals surface area contributed by atoms with Gasteiger partial charge in [0, 0.05) is 13.0 Å². The number of aryl methyl sites for hydroxylation is 1. The van der Waals surface area contributed by atoms with Gasteiger partial charge in [-0.15, -0.1) is 0 Å². The average Bonchev–Trinajstić information content (AvgIpc) is 2.41. The fraction of sp³-hybridized carbons (Fsp3) is 0.562. The summed E-state index contributed by atoms with van der Waals surface area (Å²) < 4.78 is 0. The zero-order chi connectivity index (χ0) is 13.9. The van der Waals surface area contributed by atoms with Crippen molar-refractivity contribution < 1.29 is 4.79 Å². The van der Waals surface area contributed by atoms with Gasteiger partial charge >= 0.3 is 0 Å². The van der Waals surface area contributed by atoms with E-state index in [1.807, 2.05) is 0 Å². The van der Waals surface area contributed by atoms with Crippen molar-refractivity contribution in [2.45, 2.75) is 45.4 Å². The Morgan fingerprint density at radius 2 is 1.79 bits per heavy atom. The molecule has 0 unspecified atom stereocenters. The maximum atomic E-state index is 11.6. The molecule has 0 atom stereocenters. The number of amides is 1. The first-order valence-corrected chi connectivity index (χ1v) is 7.24. The molecular weight excluding hydrogens is 236 g/mol. The highest BCUT2D eigenvalue weighted by molar-refractivity contribution is 5.75. The lowest BCUT2D eigenvalue weighted by molar-refractivity contribution is -0.121. The molecular formula is C16H26N2O. The molecule has 0 fully saturated rings. The lowest BCUT2D eigenvalue weighted by Gasteiger charge is -2.05. The topological polar surface area (TPSA) is 55.1 Å². The molecule has 0 saturated heterocycles. The minimum atomic E-state index is 0.167. The second kappa shape index (κ2) is 9.56. The molecule has 0 aliphatic carbocycles. The summed E-state index contributed by atoms with van der Waals surface area (Å²) in [5.74, 6) is 0.167. The zero-order valence-electron chi connectivity index (χ0n) is 12.0. The van der Waals surface area contributed by atoms with E-state index in [-0.39, 0.29) is 5.91 Å². The van der Waals surface area contributed by atoms with Gasteiger partial charge in [0.15, 0.2) is 0 Å². The molecule has 0 heterocycles. The minimum absolute atomic E-state index is 0.167. The van der Waals surface area contributed by atoms with Gasteiger partial charge < -0.3 is 11.1 Å². The van der Waals surface area contributed by atoms with Crippen molar-refractivity contribution in [2.24, 2.45) is 5.73 Å². The van der Waals surface area contributed by atoms with Crippen molar-refractivity contribution in [3.63, 3.8) is 0 Å². The summed E-state index contributed by atoms with van der Waals surface area (Å²) in [5.41, 5.74) is 7.96. The van der Waals surface area contributed by atoms with Crippen LogP contribution in [0, 0.1) is 6.92 Å². The van der Waals surface area contributed by atoms with Crippen LogP contribution in [0.25, 0.3) is 0 Å². The number of nitrogens with two attached hydrogens (primary N) is 1. The van der Waals surface area contributed by atoms with Gasteiger partial charge in [-0.1, -0.05) is 42.7 Å². The first-order chi connectivity index (χ1) is 9.22. The van der Waals surface area contributed by atoms with E-state index in [1.165, 1.54) is 11.1 Å². The second-order valence-electron chi connectivity index (χ2n) is 5.04. The lowest BCUT2D eigenvalue weighted by atomic mass is 10.1. The summed E-state index contributed by atoms with van der Waals surface area (Å²) in [6.45, 7) is 3.56. The molecule has 1 aromatic carbocycles. The minimum Gasteiger partial charge on any atom is -0.356 e. The third-order valence-corrected chi connectivity index (χ3v) is 3.21. The van der Waals surface area contributed by atoms with E-state index in [4.69, 9.17) is 5.73 Å². The highest BCUT2D eigenvalue weighted by Crippen LogP contribution is 2.04. The van der Waals surface area contributed by atoms with Gasteiger partial charge in [0.1, 0.15) is 0 Å². The summed E-state index contributed by atoms with van der Waals surface area (Å²) in [7, 11) is 0. The summed E-state index contributed by atoms with van der Waals surface area (Å²) >= 11 is 0. The van der Waals surface area contributed by atoms with Crippen molar-refractivity contribution in [3.8, 4) is 0 Å². The number of hydrogen-bond acceptors (Lipinski definition) is 2. The Hall–Kier alpha value is -1.35. The molecule has 19 heavy (non-hydrogen) atoms. The van der Waals surface area contributed by atoms with Gasteiger partial charge in [-0.25, -0.2) is 0 Å². The summed E-state index contributed by atoms with van der Waals surface area (Å²) in [4.78, 5) is 11.6. The average molecular weight is 262 g/mol. The first-order valence-electron chi connectivity index (χ1n) is 7.24. The molecule has 3 nitrogen and oxygen atoms in total. The van der Waals surface area contributed by atoms with E-state index in [0.717, 1.165) is 45.2 Å². The van der Waals surface area contributed by atoms with Crippen LogP contribution >= 0.6 is 0 Å². The van der Waals surface area contributed by atoms with Crippen LogP contribution in [-0.2, 0) is 11.2 Å². The SMILES string of the molecule is Cc1ccc(CCNC(=O)CCCCCCN)cc1. The largest absolute Gasteiger partial charge is 0.356 e. The zero-order valence-corrected chi connectivity index (χ0v) is 12.0. The Labute approximate surface area is 116 Å². The fourth-order valence-electron chi connectivity index (χ4n) is 1.97. The van der Waals surface area contributed by atoms with Crippen LogP contribution in [0.15, 0.2) is 24.3 Å². The summed E-state index contributed by atoms with van der Waals surface area (Å²) in [6, 6.07) is 8.45. The van der Waals surface area contributed by atoms with E-state index in [0.29, 0.717) is 6.42 Å². The molecule has 3 heteroatoms. The molecule has 3 N–H and O–H groups in total. The lowest BCUT2D eigenvalue weighted by Crippen LogP contribution is -2.25. The monoisotopic (exact) mass is 262 g/mol. The number of unbranched alkanes of at least 4 members (excludes halogenated alkanes) is 3. The molecule has 0 spiro atoms.